The van der Waals surface area contributed by atoms with E-state index in [1.54, 1.807) is 6.92 Å². The number of anilines is 2. The second kappa shape index (κ2) is 8.91. The Balaban J connectivity index is 1.37. The van der Waals surface area contributed by atoms with Crippen LogP contribution < -0.4 is 5.32 Å². The van der Waals surface area contributed by atoms with Gasteiger partial charge in [0.05, 0.1) is 17.4 Å². The third-order valence-electron chi connectivity index (χ3n) is 7.67. The van der Waals surface area contributed by atoms with Crippen molar-refractivity contribution in [1.82, 2.24) is 29.4 Å². The summed E-state index contributed by atoms with van der Waals surface area (Å²) in [5.41, 5.74) is 4.27. The number of rotatable bonds is 4. The van der Waals surface area contributed by atoms with Crippen LogP contribution in [0.5, 0.6) is 0 Å². The average Bonchev–Trinajstić information content (AvgIpc) is 3.22. The van der Waals surface area contributed by atoms with Gasteiger partial charge in [0, 0.05) is 55.1 Å². The number of amides is 1. The van der Waals surface area contributed by atoms with Crippen molar-refractivity contribution >= 4 is 39.6 Å². The van der Waals surface area contributed by atoms with E-state index in [-0.39, 0.29) is 11.8 Å². The van der Waals surface area contributed by atoms with Crippen molar-refractivity contribution in [2.75, 3.05) is 11.9 Å². The summed E-state index contributed by atoms with van der Waals surface area (Å²) in [6.45, 7) is 5.12. The van der Waals surface area contributed by atoms with Gasteiger partial charge in [0.15, 0.2) is 0 Å². The maximum Gasteiger partial charge on any atom is 0.230 e. The van der Waals surface area contributed by atoms with Crippen LogP contribution in [0.4, 0.5) is 11.8 Å². The fraction of sp³-hybridized carbons (Fsp3) is 0.444. The Morgan fingerprint density at radius 1 is 1.09 bits per heavy atom. The Morgan fingerprint density at radius 3 is 2.74 bits per heavy atom. The monoisotopic (exact) mass is 469 g/mol. The molecule has 1 N–H and O–H groups in total. The van der Waals surface area contributed by atoms with Gasteiger partial charge in [-0.15, -0.1) is 0 Å². The van der Waals surface area contributed by atoms with Crippen molar-refractivity contribution in [3.8, 4) is 0 Å². The van der Waals surface area contributed by atoms with E-state index in [9.17, 15) is 4.79 Å². The SMILES string of the molecule is CCC1CN(C(C)=O)Cc2ccc(Nc3ncc4c5ccncc5n(C5CCCCC5)c4n3)nc21. The molecule has 180 valence electrons. The highest BCUT2D eigenvalue weighted by Crippen LogP contribution is 2.37. The molecule has 0 saturated heterocycles. The molecule has 0 aromatic carbocycles. The molecule has 2 aliphatic rings. The van der Waals surface area contributed by atoms with E-state index in [4.69, 9.17) is 9.97 Å². The number of fused-ring (bicyclic) bond motifs is 4. The molecule has 8 heteroatoms. The highest BCUT2D eigenvalue weighted by atomic mass is 16.2. The van der Waals surface area contributed by atoms with Crippen molar-refractivity contribution in [3.63, 3.8) is 0 Å². The van der Waals surface area contributed by atoms with Gasteiger partial charge in [0.2, 0.25) is 11.9 Å². The molecule has 1 saturated carbocycles. The molecule has 1 atom stereocenters. The second-order valence-corrected chi connectivity index (χ2v) is 9.86. The molecule has 0 spiro atoms. The number of hydrogen-bond acceptors (Lipinski definition) is 6. The fourth-order valence-electron chi connectivity index (χ4n) is 5.80. The molecule has 1 unspecified atom stereocenters. The third kappa shape index (κ3) is 3.90. The minimum Gasteiger partial charge on any atom is -0.338 e. The number of pyridine rings is 2. The molecule has 8 nitrogen and oxygen atoms in total. The maximum absolute atomic E-state index is 12.0. The molecular formula is C27H31N7O. The Kier molecular flexibility index (Phi) is 5.59. The first-order valence-electron chi connectivity index (χ1n) is 12.8. The molecule has 0 radical (unpaired) electrons. The molecule has 35 heavy (non-hydrogen) atoms. The molecule has 1 fully saturated rings. The molecule has 1 aliphatic heterocycles. The van der Waals surface area contributed by atoms with Crippen LogP contribution in [0.25, 0.3) is 21.9 Å². The molecule has 5 heterocycles. The van der Waals surface area contributed by atoms with E-state index in [2.05, 4.69) is 38.9 Å². The Hall–Kier alpha value is -3.55. The molecule has 6 rings (SSSR count). The van der Waals surface area contributed by atoms with E-state index in [1.165, 1.54) is 32.1 Å². The minimum atomic E-state index is 0.113. The molecule has 1 aliphatic carbocycles. The molecule has 1 amide bonds. The summed E-state index contributed by atoms with van der Waals surface area (Å²) in [4.78, 5) is 32.9. The highest BCUT2D eigenvalue weighted by molar-refractivity contribution is 6.06. The van der Waals surface area contributed by atoms with E-state index < -0.39 is 0 Å². The number of nitrogens with zero attached hydrogens (tertiary/aromatic N) is 6. The van der Waals surface area contributed by atoms with Crippen LogP contribution in [0.1, 0.15) is 75.6 Å². The van der Waals surface area contributed by atoms with Crippen molar-refractivity contribution in [1.29, 1.82) is 0 Å². The predicted molar refractivity (Wildman–Crippen MR) is 137 cm³/mol. The first kappa shape index (κ1) is 21.9. The zero-order valence-electron chi connectivity index (χ0n) is 20.4. The summed E-state index contributed by atoms with van der Waals surface area (Å²) in [7, 11) is 0. The normalized spacial score (nSPS) is 18.7. The van der Waals surface area contributed by atoms with Gasteiger partial charge < -0.3 is 14.8 Å². The van der Waals surface area contributed by atoms with Crippen LogP contribution in [0.3, 0.4) is 0 Å². The van der Waals surface area contributed by atoms with Crippen LogP contribution in [0.15, 0.2) is 36.8 Å². The van der Waals surface area contributed by atoms with Crippen molar-refractivity contribution in [2.24, 2.45) is 0 Å². The van der Waals surface area contributed by atoms with Crippen LogP contribution in [-0.4, -0.2) is 41.9 Å². The molecule has 4 aromatic rings. The molecule has 0 bridgehead atoms. The minimum absolute atomic E-state index is 0.113. The number of carbonyl (C=O) groups is 1. The number of aromatic nitrogens is 5. The molecule has 4 aromatic heterocycles. The van der Waals surface area contributed by atoms with Gasteiger partial charge in [-0.05, 0) is 37.0 Å². The van der Waals surface area contributed by atoms with E-state index in [0.717, 1.165) is 45.4 Å². The summed E-state index contributed by atoms with van der Waals surface area (Å²) in [5.74, 6) is 1.63. The van der Waals surface area contributed by atoms with Crippen molar-refractivity contribution < 1.29 is 4.79 Å². The predicted octanol–water partition coefficient (Wildman–Crippen LogP) is 5.48. The fourth-order valence-corrected chi connectivity index (χ4v) is 5.80. The van der Waals surface area contributed by atoms with Gasteiger partial charge in [-0.1, -0.05) is 32.3 Å². The summed E-state index contributed by atoms with van der Waals surface area (Å²) < 4.78 is 2.38. The first-order valence-corrected chi connectivity index (χ1v) is 12.8. The second-order valence-electron chi connectivity index (χ2n) is 9.86. The van der Waals surface area contributed by atoms with Crippen molar-refractivity contribution in [3.05, 3.63) is 48.0 Å². The van der Waals surface area contributed by atoms with Gasteiger partial charge in [0.25, 0.3) is 0 Å². The largest absolute Gasteiger partial charge is 0.338 e. The van der Waals surface area contributed by atoms with Crippen LogP contribution >= 0.6 is 0 Å². The Bertz CT molecular complexity index is 1410. The van der Waals surface area contributed by atoms with Gasteiger partial charge in [-0.3, -0.25) is 9.78 Å². The van der Waals surface area contributed by atoms with Gasteiger partial charge in [0.1, 0.15) is 11.5 Å². The summed E-state index contributed by atoms with van der Waals surface area (Å²) in [6, 6.07) is 6.54. The Morgan fingerprint density at radius 2 is 1.94 bits per heavy atom. The summed E-state index contributed by atoms with van der Waals surface area (Å²) in [6.07, 6.45) is 12.8. The highest BCUT2D eigenvalue weighted by Gasteiger charge is 2.27. The smallest absolute Gasteiger partial charge is 0.230 e. The average molecular weight is 470 g/mol. The summed E-state index contributed by atoms with van der Waals surface area (Å²) in [5, 5.41) is 5.57. The number of nitrogens with one attached hydrogen (secondary N) is 1. The lowest BCUT2D eigenvalue weighted by molar-refractivity contribution is -0.130. The van der Waals surface area contributed by atoms with Crippen molar-refractivity contribution in [2.45, 2.75) is 70.9 Å². The van der Waals surface area contributed by atoms with E-state index in [0.29, 0.717) is 25.1 Å². The zero-order chi connectivity index (χ0) is 23.9. The lowest BCUT2D eigenvalue weighted by Crippen LogP contribution is -2.37. The van der Waals surface area contributed by atoms with Gasteiger partial charge in [-0.25, -0.2) is 9.97 Å². The third-order valence-corrected chi connectivity index (χ3v) is 7.67. The zero-order valence-corrected chi connectivity index (χ0v) is 20.4. The topological polar surface area (TPSA) is 88.8 Å². The summed E-state index contributed by atoms with van der Waals surface area (Å²) >= 11 is 0. The van der Waals surface area contributed by atoms with E-state index in [1.807, 2.05) is 29.6 Å². The standard InChI is InChI=1S/C27H31N7O/c1-3-18-15-33(17(2)35)16-19-9-10-24(30-25(18)19)31-27-29-13-22-21-11-12-28-14-23(21)34(26(22)32-27)20-7-5-4-6-8-20/h9-14,18,20H,3-8,15-16H2,1-2H3,(H,29,30,31,32). The quantitative estimate of drug-likeness (QED) is 0.426. The number of hydrogen-bond donors (Lipinski definition) is 1. The van der Waals surface area contributed by atoms with E-state index >= 15 is 0 Å². The Labute approximate surface area is 204 Å². The maximum atomic E-state index is 12.0. The molecular weight excluding hydrogens is 438 g/mol. The van der Waals surface area contributed by atoms with Crippen LogP contribution in [-0.2, 0) is 11.3 Å². The lowest BCUT2D eigenvalue weighted by Gasteiger charge is -2.33. The first-order chi connectivity index (χ1) is 17.1. The van der Waals surface area contributed by atoms with Crippen LogP contribution in [0, 0.1) is 0 Å². The lowest BCUT2D eigenvalue weighted by atomic mass is 9.92. The van der Waals surface area contributed by atoms with Crippen LogP contribution in [0.2, 0.25) is 0 Å². The van der Waals surface area contributed by atoms with Gasteiger partial charge in [-0.2, -0.15) is 4.98 Å². The van der Waals surface area contributed by atoms with Gasteiger partial charge >= 0.3 is 0 Å². The number of carbonyl (C=O) groups excluding carboxylic acids is 1.